The highest BCUT2D eigenvalue weighted by Gasteiger charge is 2.25. The molecule has 2 heterocycles. The predicted molar refractivity (Wildman–Crippen MR) is 103 cm³/mol. The summed E-state index contributed by atoms with van der Waals surface area (Å²) in [6.07, 6.45) is 3.71. The van der Waals surface area contributed by atoms with Crippen molar-refractivity contribution in [2.45, 2.75) is 26.2 Å². The van der Waals surface area contributed by atoms with Crippen LogP contribution in [-0.4, -0.2) is 35.4 Å². The summed E-state index contributed by atoms with van der Waals surface area (Å²) in [6, 6.07) is 8.12. The molecule has 3 rings (SSSR count). The molecule has 0 aliphatic carbocycles. The van der Waals surface area contributed by atoms with Crippen LogP contribution in [-0.2, 0) is 11.2 Å². The minimum absolute atomic E-state index is 0. The first-order valence-electron chi connectivity index (χ1n) is 8.15. The highest BCUT2D eigenvalue weighted by molar-refractivity contribution is 5.85. The van der Waals surface area contributed by atoms with Crippen LogP contribution in [0, 0.1) is 12.8 Å². The number of carbonyl (C=O) groups excluding carboxylic acids is 1. The van der Waals surface area contributed by atoms with Crippen molar-refractivity contribution in [1.82, 2.24) is 9.88 Å². The lowest BCUT2D eigenvalue weighted by Gasteiger charge is -2.15. The number of likely N-dealkylation sites (tertiary alicyclic amines) is 1. The van der Waals surface area contributed by atoms with E-state index >= 15 is 0 Å². The second-order valence-electron chi connectivity index (χ2n) is 6.21. The first-order valence-corrected chi connectivity index (χ1v) is 8.15. The summed E-state index contributed by atoms with van der Waals surface area (Å²) in [4.78, 5) is 18.4. The average molecular weight is 386 g/mol. The van der Waals surface area contributed by atoms with Gasteiger partial charge >= 0.3 is 0 Å². The van der Waals surface area contributed by atoms with Gasteiger partial charge in [0.2, 0.25) is 5.91 Å². The van der Waals surface area contributed by atoms with Crippen LogP contribution in [0.5, 0.6) is 0 Å². The number of hydrogen-bond acceptors (Lipinski definition) is 4. The van der Waals surface area contributed by atoms with E-state index in [0.29, 0.717) is 31.2 Å². The third kappa shape index (κ3) is 5.46. The van der Waals surface area contributed by atoms with Gasteiger partial charge in [0.25, 0.3) is 0 Å². The lowest BCUT2D eigenvalue weighted by Crippen LogP contribution is -2.30. The van der Waals surface area contributed by atoms with E-state index in [0.717, 1.165) is 30.8 Å². The molecule has 2 aromatic rings. The number of amides is 1. The molecule has 0 bridgehead atoms. The molecule has 1 unspecified atom stereocenters. The van der Waals surface area contributed by atoms with Crippen LogP contribution < -0.4 is 5.73 Å². The number of nitrogens with two attached hydrogens (primary N) is 1. The molecule has 1 saturated heterocycles. The molecule has 1 aliphatic heterocycles. The number of aromatic nitrogens is 1. The SMILES string of the molecule is Cc1ccc(-c2cnc(CCC(=O)N3CCC(CN)C3)o2)cc1.Cl.Cl. The second-order valence-corrected chi connectivity index (χ2v) is 6.21. The van der Waals surface area contributed by atoms with Gasteiger partial charge in [0.05, 0.1) is 6.20 Å². The molecule has 1 atom stereocenters. The Morgan fingerprint density at radius 3 is 2.68 bits per heavy atom. The average Bonchev–Trinajstić information content (AvgIpc) is 3.22. The summed E-state index contributed by atoms with van der Waals surface area (Å²) in [7, 11) is 0. The van der Waals surface area contributed by atoms with Crippen LogP contribution in [0.3, 0.4) is 0 Å². The molecule has 138 valence electrons. The number of hydrogen-bond donors (Lipinski definition) is 1. The molecule has 1 aromatic carbocycles. The summed E-state index contributed by atoms with van der Waals surface area (Å²) < 4.78 is 5.76. The fraction of sp³-hybridized carbons (Fsp3) is 0.444. The third-order valence-corrected chi connectivity index (χ3v) is 4.41. The van der Waals surface area contributed by atoms with Crippen molar-refractivity contribution in [2.24, 2.45) is 11.7 Å². The number of carbonyl (C=O) groups is 1. The molecule has 5 nitrogen and oxygen atoms in total. The van der Waals surface area contributed by atoms with Gasteiger partial charge in [-0.3, -0.25) is 4.79 Å². The number of rotatable bonds is 5. The fourth-order valence-corrected chi connectivity index (χ4v) is 2.90. The molecule has 1 aliphatic rings. The summed E-state index contributed by atoms with van der Waals surface area (Å²) in [5.41, 5.74) is 7.88. The van der Waals surface area contributed by atoms with E-state index in [1.807, 2.05) is 29.2 Å². The molecule has 0 saturated carbocycles. The smallest absolute Gasteiger partial charge is 0.223 e. The summed E-state index contributed by atoms with van der Waals surface area (Å²) in [6.45, 7) is 4.31. The van der Waals surface area contributed by atoms with Crippen molar-refractivity contribution in [1.29, 1.82) is 0 Å². The minimum atomic E-state index is 0. The Bertz CT molecular complexity index is 673. The van der Waals surface area contributed by atoms with Crippen molar-refractivity contribution in [3.63, 3.8) is 0 Å². The predicted octanol–water partition coefficient (Wildman–Crippen LogP) is 3.23. The van der Waals surface area contributed by atoms with E-state index in [4.69, 9.17) is 10.2 Å². The Hall–Kier alpha value is -1.56. The molecule has 1 amide bonds. The number of aryl methyl sites for hydroxylation is 2. The lowest BCUT2D eigenvalue weighted by molar-refractivity contribution is -0.130. The number of benzene rings is 1. The Kier molecular flexibility index (Phi) is 8.42. The topological polar surface area (TPSA) is 72.4 Å². The van der Waals surface area contributed by atoms with Gasteiger partial charge in [0, 0.05) is 31.5 Å². The summed E-state index contributed by atoms with van der Waals surface area (Å²) >= 11 is 0. The Morgan fingerprint density at radius 2 is 2.04 bits per heavy atom. The zero-order valence-electron chi connectivity index (χ0n) is 14.3. The van der Waals surface area contributed by atoms with Crippen molar-refractivity contribution >= 4 is 30.7 Å². The normalized spacial score (nSPS) is 16.2. The molecular weight excluding hydrogens is 361 g/mol. The molecule has 1 aromatic heterocycles. The van der Waals surface area contributed by atoms with Gasteiger partial charge < -0.3 is 15.1 Å². The maximum Gasteiger partial charge on any atom is 0.223 e. The van der Waals surface area contributed by atoms with E-state index in [9.17, 15) is 4.79 Å². The van der Waals surface area contributed by atoms with Crippen molar-refractivity contribution < 1.29 is 9.21 Å². The van der Waals surface area contributed by atoms with E-state index in [2.05, 4.69) is 11.9 Å². The molecule has 25 heavy (non-hydrogen) atoms. The quantitative estimate of drug-likeness (QED) is 0.857. The van der Waals surface area contributed by atoms with Crippen LogP contribution >= 0.6 is 24.8 Å². The number of halogens is 2. The molecule has 0 radical (unpaired) electrons. The van der Waals surface area contributed by atoms with E-state index in [-0.39, 0.29) is 30.7 Å². The zero-order chi connectivity index (χ0) is 16.2. The number of nitrogens with zero attached hydrogens (tertiary/aromatic N) is 2. The first kappa shape index (κ1) is 21.5. The van der Waals surface area contributed by atoms with Crippen LogP contribution in [0.15, 0.2) is 34.9 Å². The third-order valence-electron chi connectivity index (χ3n) is 4.41. The largest absolute Gasteiger partial charge is 0.441 e. The highest BCUT2D eigenvalue weighted by Crippen LogP contribution is 2.22. The van der Waals surface area contributed by atoms with Crippen molar-refractivity contribution in [2.75, 3.05) is 19.6 Å². The molecule has 2 N–H and O–H groups in total. The van der Waals surface area contributed by atoms with Crippen LogP contribution in [0.1, 0.15) is 24.3 Å². The van der Waals surface area contributed by atoms with Gasteiger partial charge in [0.15, 0.2) is 11.7 Å². The maximum atomic E-state index is 12.2. The summed E-state index contributed by atoms with van der Waals surface area (Å²) in [5, 5.41) is 0. The fourth-order valence-electron chi connectivity index (χ4n) is 2.90. The monoisotopic (exact) mass is 385 g/mol. The van der Waals surface area contributed by atoms with E-state index < -0.39 is 0 Å². The van der Waals surface area contributed by atoms with E-state index in [1.165, 1.54) is 5.56 Å². The van der Waals surface area contributed by atoms with E-state index in [1.54, 1.807) is 6.20 Å². The van der Waals surface area contributed by atoms with Crippen LogP contribution in [0.4, 0.5) is 0 Å². The molecule has 0 spiro atoms. The highest BCUT2D eigenvalue weighted by atomic mass is 35.5. The van der Waals surface area contributed by atoms with Gasteiger partial charge in [-0.1, -0.05) is 29.8 Å². The zero-order valence-corrected chi connectivity index (χ0v) is 15.9. The second kappa shape index (κ2) is 9.80. The van der Waals surface area contributed by atoms with Gasteiger partial charge in [-0.15, -0.1) is 24.8 Å². The lowest BCUT2D eigenvalue weighted by atomic mass is 10.1. The molecule has 1 fully saturated rings. The van der Waals surface area contributed by atoms with Gasteiger partial charge in [-0.05, 0) is 25.8 Å². The van der Waals surface area contributed by atoms with Gasteiger partial charge in [0.1, 0.15) is 0 Å². The standard InChI is InChI=1S/C18H23N3O2.2ClH/c1-13-2-4-15(5-3-13)16-11-20-17(23-16)6-7-18(22)21-9-8-14(10-19)12-21;;/h2-5,11,14H,6-10,12,19H2,1H3;2*1H. The Morgan fingerprint density at radius 1 is 1.32 bits per heavy atom. The maximum absolute atomic E-state index is 12.2. The van der Waals surface area contributed by atoms with Crippen molar-refractivity contribution in [3.05, 3.63) is 41.9 Å². The van der Waals surface area contributed by atoms with Gasteiger partial charge in [-0.2, -0.15) is 0 Å². The minimum Gasteiger partial charge on any atom is -0.441 e. The molecule has 7 heteroatoms. The summed E-state index contributed by atoms with van der Waals surface area (Å²) in [5.74, 6) is 1.98. The van der Waals surface area contributed by atoms with Crippen molar-refractivity contribution in [3.8, 4) is 11.3 Å². The molecular formula is C18H25Cl2N3O2. The number of oxazole rings is 1. The first-order chi connectivity index (χ1) is 11.2. The van der Waals surface area contributed by atoms with Gasteiger partial charge in [-0.25, -0.2) is 4.98 Å². The Balaban J connectivity index is 0.00000156. The Labute approximate surface area is 160 Å². The van der Waals surface area contributed by atoms with Crippen LogP contribution in [0.25, 0.3) is 11.3 Å². The van der Waals surface area contributed by atoms with Crippen LogP contribution in [0.2, 0.25) is 0 Å².